The van der Waals surface area contributed by atoms with Crippen LogP contribution in [-0.4, -0.2) is 31.3 Å². The van der Waals surface area contributed by atoms with Crippen LogP contribution in [0, 0.1) is 17.3 Å². The summed E-state index contributed by atoms with van der Waals surface area (Å²) in [5, 5.41) is 0. The number of carbonyl (C=O) groups is 1. The van der Waals surface area contributed by atoms with Gasteiger partial charge in [0.1, 0.15) is 6.10 Å². The summed E-state index contributed by atoms with van der Waals surface area (Å²) in [5.41, 5.74) is 6.00. The van der Waals surface area contributed by atoms with E-state index in [1.54, 1.807) is 0 Å². The molecule has 1 rings (SSSR count). The van der Waals surface area contributed by atoms with Gasteiger partial charge in [-0.15, -0.1) is 0 Å². The monoisotopic (exact) mass is 271 g/mol. The predicted octanol–water partition coefficient (Wildman–Crippen LogP) is 2.35. The summed E-state index contributed by atoms with van der Waals surface area (Å²) < 4.78 is 10.8. The van der Waals surface area contributed by atoms with Crippen molar-refractivity contribution in [2.45, 2.75) is 59.6 Å². The summed E-state index contributed by atoms with van der Waals surface area (Å²) in [7, 11) is 0. The molecule has 0 heterocycles. The Morgan fingerprint density at radius 1 is 1.42 bits per heavy atom. The molecule has 4 atom stereocenters. The van der Waals surface area contributed by atoms with Crippen LogP contribution in [-0.2, 0) is 14.3 Å². The third kappa shape index (κ3) is 3.93. The van der Waals surface area contributed by atoms with Crippen molar-refractivity contribution in [3.8, 4) is 0 Å². The average Bonchev–Trinajstić information content (AvgIpc) is 2.33. The van der Waals surface area contributed by atoms with Gasteiger partial charge in [0, 0.05) is 12.6 Å². The second-order valence-electron chi connectivity index (χ2n) is 6.31. The fraction of sp³-hybridized carbons (Fsp3) is 0.933. The van der Waals surface area contributed by atoms with E-state index in [1.807, 2.05) is 13.8 Å². The number of esters is 1. The van der Waals surface area contributed by atoms with Crippen molar-refractivity contribution < 1.29 is 14.3 Å². The summed E-state index contributed by atoms with van der Waals surface area (Å²) >= 11 is 0. The molecule has 0 bridgehead atoms. The zero-order chi connectivity index (χ0) is 14.6. The zero-order valence-electron chi connectivity index (χ0n) is 12.9. The minimum absolute atomic E-state index is 0.0635. The third-order valence-electron chi connectivity index (χ3n) is 4.66. The van der Waals surface area contributed by atoms with Crippen molar-refractivity contribution >= 4 is 5.97 Å². The van der Waals surface area contributed by atoms with Crippen molar-refractivity contribution in [2.75, 3.05) is 13.2 Å². The van der Waals surface area contributed by atoms with E-state index >= 15 is 0 Å². The number of ether oxygens (including phenoxy) is 2. The smallest absolute Gasteiger partial charge is 0.309 e. The number of hydrogen-bond donors (Lipinski definition) is 1. The molecule has 1 fully saturated rings. The maximum atomic E-state index is 12.3. The molecular weight excluding hydrogens is 242 g/mol. The van der Waals surface area contributed by atoms with Crippen molar-refractivity contribution in [3.05, 3.63) is 0 Å². The van der Waals surface area contributed by atoms with Gasteiger partial charge in [0.2, 0.25) is 0 Å². The number of carbonyl (C=O) groups excluding carboxylic acids is 1. The van der Waals surface area contributed by atoms with Crippen LogP contribution in [0.5, 0.6) is 0 Å². The van der Waals surface area contributed by atoms with Crippen molar-refractivity contribution in [1.29, 1.82) is 0 Å². The SMILES string of the molecule is CCOCC(C)OC(=O)C1CCC(N)C(C)C1(C)C. The van der Waals surface area contributed by atoms with E-state index in [0.717, 1.165) is 12.8 Å². The normalized spacial score (nSPS) is 31.8. The minimum Gasteiger partial charge on any atom is -0.460 e. The maximum absolute atomic E-state index is 12.3. The standard InChI is InChI=1S/C15H29NO3/c1-6-18-9-10(2)19-14(17)12-7-8-13(16)11(3)15(12,4)5/h10-13H,6-9,16H2,1-5H3. The van der Waals surface area contributed by atoms with Gasteiger partial charge in [0.25, 0.3) is 0 Å². The highest BCUT2D eigenvalue weighted by Crippen LogP contribution is 2.44. The molecule has 4 heteroatoms. The molecule has 0 spiro atoms. The molecule has 0 saturated heterocycles. The molecule has 1 saturated carbocycles. The summed E-state index contributed by atoms with van der Waals surface area (Å²) in [5.74, 6) is 0.156. The Balaban J connectivity index is 2.61. The van der Waals surface area contributed by atoms with Crippen LogP contribution in [0.15, 0.2) is 0 Å². The molecule has 1 aliphatic rings. The van der Waals surface area contributed by atoms with E-state index in [-0.39, 0.29) is 29.4 Å². The summed E-state index contributed by atoms with van der Waals surface area (Å²) in [6, 6.07) is 0.180. The van der Waals surface area contributed by atoms with Gasteiger partial charge in [-0.2, -0.15) is 0 Å². The molecule has 4 unspecified atom stereocenters. The van der Waals surface area contributed by atoms with Crippen LogP contribution in [0.1, 0.15) is 47.5 Å². The highest BCUT2D eigenvalue weighted by atomic mass is 16.6. The van der Waals surface area contributed by atoms with Crippen LogP contribution in [0.3, 0.4) is 0 Å². The Kier molecular flexibility index (Phi) is 5.81. The van der Waals surface area contributed by atoms with E-state index in [9.17, 15) is 4.79 Å². The lowest BCUT2D eigenvalue weighted by Gasteiger charge is -2.45. The lowest BCUT2D eigenvalue weighted by Crippen LogP contribution is -2.49. The molecule has 4 nitrogen and oxygen atoms in total. The summed E-state index contributed by atoms with van der Waals surface area (Å²) in [4.78, 5) is 12.3. The molecule has 19 heavy (non-hydrogen) atoms. The highest BCUT2D eigenvalue weighted by Gasteiger charge is 2.46. The van der Waals surface area contributed by atoms with Crippen LogP contribution < -0.4 is 5.73 Å². The molecule has 1 aliphatic carbocycles. The van der Waals surface area contributed by atoms with Crippen LogP contribution >= 0.6 is 0 Å². The second kappa shape index (κ2) is 6.71. The maximum Gasteiger partial charge on any atom is 0.309 e. The molecule has 0 aromatic carbocycles. The third-order valence-corrected chi connectivity index (χ3v) is 4.66. The van der Waals surface area contributed by atoms with Crippen molar-refractivity contribution in [3.63, 3.8) is 0 Å². The van der Waals surface area contributed by atoms with E-state index in [4.69, 9.17) is 15.2 Å². The Bertz CT molecular complexity index is 304. The summed E-state index contributed by atoms with van der Waals surface area (Å²) in [6.07, 6.45) is 1.53. The van der Waals surface area contributed by atoms with Gasteiger partial charge in [0.15, 0.2) is 0 Å². The minimum atomic E-state index is -0.186. The van der Waals surface area contributed by atoms with E-state index < -0.39 is 0 Å². The molecule has 2 N–H and O–H groups in total. The first-order valence-corrected chi connectivity index (χ1v) is 7.34. The molecular formula is C15H29NO3. The lowest BCUT2D eigenvalue weighted by atomic mass is 9.61. The van der Waals surface area contributed by atoms with E-state index in [0.29, 0.717) is 19.1 Å². The van der Waals surface area contributed by atoms with Crippen LogP contribution in [0.2, 0.25) is 0 Å². The first-order chi connectivity index (χ1) is 8.80. The number of hydrogen-bond acceptors (Lipinski definition) is 4. The van der Waals surface area contributed by atoms with Gasteiger partial charge < -0.3 is 15.2 Å². The quantitative estimate of drug-likeness (QED) is 0.780. The molecule has 0 radical (unpaired) electrons. The van der Waals surface area contributed by atoms with Crippen LogP contribution in [0.4, 0.5) is 0 Å². The Morgan fingerprint density at radius 3 is 2.63 bits per heavy atom. The largest absolute Gasteiger partial charge is 0.460 e. The highest BCUT2D eigenvalue weighted by molar-refractivity contribution is 5.73. The van der Waals surface area contributed by atoms with Gasteiger partial charge in [-0.25, -0.2) is 0 Å². The van der Waals surface area contributed by atoms with Gasteiger partial charge in [-0.3, -0.25) is 4.79 Å². The fourth-order valence-electron chi connectivity index (χ4n) is 2.87. The van der Waals surface area contributed by atoms with Gasteiger partial charge in [-0.1, -0.05) is 20.8 Å². The topological polar surface area (TPSA) is 61.5 Å². The first kappa shape index (κ1) is 16.4. The predicted molar refractivity (Wildman–Crippen MR) is 75.7 cm³/mol. The molecule has 0 aliphatic heterocycles. The Hall–Kier alpha value is -0.610. The lowest BCUT2D eigenvalue weighted by molar-refractivity contribution is -0.164. The molecule has 0 aromatic rings. The van der Waals surface area contributed by atoms with E-state index in [2.05, 4.69) is 20.8 Å². The molecule has 112 valence electrons. The average molecular weight is 271 g/mol. The van der Waals surface area contributed by atoms with E-state index in [1.165, 1.54) is 0 Å². The number of rotatable bonds is 5. The molecule has 0 aromatic heterocycles. The van der Waals surface area contributed by atoms with Gasteiger partial charge in [-0.05, 0) is 38.0 Å². The number of nitrogens with two attached hydrogens (primary N) is 1. The van der Waals surface area contributed by atoms with Crippen molar-refractivity contribution in [1.82, 2.24) is 0 Å². The Morgan fingerprint density at radius 2 is 2.05 bits per heavy atom. The first-order valence-electron chi connectivity index (χ1n) is 7.34. The van der Waals surface area contributed by atoms with Crippen LogP contribution in [0.25, 0.3) is 0 Å². The Labute approximate surface area is 117 Å². The zero-order valence-corrected chi connectivity index (χ0v) is 12.9. The van der Waals surface area contributed by atoms with Gasteiger partial charge in [0.05, 0.1) is 12.5 Å². The van der Waals surface area contributed by atoms with Gasteiger partial charge >= 0.3 is 5.97 Å². The fourth-order valence-corrected chi connectivity index (χ4v) is 2.87. The second-order valence-corrected chi connectivity index (χ2v) is 6.31. The molecule has 0 amide bonds. The van der Waals surface area contributed by atoms with Crippen molar-refractivity contribution in [2.24, 2.45) is 23.0 Å². The summed E-state index contributed by atoms with van der Waals surface area (Å²) in [6.45, 7) is 11.3.